The second kappa shape index (κ2) is 4.76. The third-order valence-corrected chi connectivity index (χ3v) is 2.35. The SMILES string of the molecule is CC(C)(Nc1nc(C(F)(F)F)ccc1C#N)C(N)=O. The van der Waals surface area contributed by atoms with Crippen LogP contribution in [0, 0.1) is 11.3 Å². The highest BCUT2D eigenvalue weighted by atomic mass is 19.4. The molecule has 0 radical (unpaired) electrons. The van der Waals surface area contributed by atoms with Crippen molar-refractivity contribution >= 4 is 11.7 Å². The molecule has 102 valence electrons. The van der Waals surface area contributed by atoms with Crippen LogP contribution in [0.4, 0.5) is 19.0 Å². The van der Waals surface area contributed by atoms with Gasteiger partial charge in [-0.2, -0.15) is 18.4 Å². The van der Waals surface area contributed by atoms with Gasteiger partial charge in [0.1, 0.15) is 23.1 Å². The lowest BCUT2D eigenvalue weighted by atomic mass is 10.0. The number of nitriles is 1. The molecule has 0 aliphatic rings. The molecule has 19 heavy (non-hydrogen) atoms. The first-order chi connectivity index (χ1) is 8.58. The van der Waals surface area contributed by atoms with Crippen LogP contribution in [0.3, 0.4) is 0 Å². The molecule has 0 aliphatic heterocycles. The first-order valence-corrected chi connectivity index (χ1v) is 5.14. The van der Waals surface area contributed by atoms with Gasteiger partial charge in [-0.15, -0.1) is 0 Å². The molecule has 1 aromatic heterocycles. The van der Waals surface area contributed by atoms with Gasteiger partial charge < -0.3 is 11.1 Å². The number of hydrogen-bond donors (Lipinski definition) is 2. The molecular formula is C11H11F3N4O. The molecular weight excluding hydrogens is 261 g/mol. The van der Waals surface area contributed by atoms with Crippen molar-refractivity contribution in [2.24, 2.45) is 5.73 Å². The van der Waals surface area contributed by atoms with Crippen LogP contribution in [0.2, 0.25) is 0 Å². The maximum absolute atomic E-state index is 12.5. The van der Waals surface area contributed by atoms with Crippen molar-refractivity contribution in [2.75, 3.05) is 5.32 Å². The molecule has 8 heteroatoms. The van der Waals surface area contributed by atoms with E-state index in [1.807, 2.05) is 0 Å². The Labute approximate surface area is 107 Å². The molecule has 0 saturated carbocycles. The van der Waals surface area contributed by atoms with E-state index in [-0.39, 0.29) is 11.4 Å². The van der Waals surface area contributed by atoms with Crippen LogP contribution in [0.25, 0.3) is 0 Å². The van der Waals surface area contributed by atoms with E-state index in [1.54, 1.807) is 6.07 Å². The summed E-state index contributed by atoms with van der Waals surface area (Å²) in [6, 6.07) is 3.37. The van der Waals surface area contributed by atoms with E-state index in [1.165, 1.54) is 13.8 Å². The van der Waals surface area contributed by atoms with Crippen LogP contribution < -0.4 is 11.1 Å². The number of nitrogens with one attached hydrogen (secondary N) is 1. The van der Waals surface area contributed by atoms with Crippen molar-refractivity contribution in [3.63, 3.8) is 0 Å². The molecule has 1 amide bonds. The number of carbonyl (C=O) groups excluding carboxylic acids is 1. The summed E-state index contributed by atoms with van der Waals surface area (Å²) in [5.41, 5.74) is 2.50. The summed E-state index contributed by atoms with van der Waals surface area (Å²) in [5, 5.41) is 11.3. The molecule has 0 spiro atoms. The number of nitrogens with zero attached hydrogens (tertiary/aromatic N) is 2. The lowest BCUT2D eigenvalue weighted by Crippen LogP contribution is -2.45. The maximum atomic E-state index is 12.5. The Kier molecular flexibility index (Phi) is 3.70. The number of carbonyl (C=O) groups is 1. The minimum atomic E-state index is -4.64. The quantitative estimate of drug-likeness (QED) is 0.875. The van der Waals surface area contributed by atoms with Crippen molar-refractivity contribution in [3.05, 3.63) is 23.4 Å². The van der Waals surface area contributed by atoms with Gasteiger partial charge in [0.05, 0.1) is 5.56 Å². The average molecular weight is 272 g/mol. The second-order valence-electron chi connectivity index (χ2n) is 4.32. The van der Waals surface area contributed by atoms with Crippen molar-refractivity contribution in [2.45, 2.75) is 25.6 Å². The van der Waals surface area contributed by atoms with E-state index >= 15 is 0 Å². The number of amides is 1. The summed E-state index contributed by atoms with van der Waals surface area (Å²) in [6.45, 7) is 2.75. The number of nitrogens with two attached hydrogens (primary N) is 1. The normalized spacial score (nSPS) is 11.8. The monoisotopic (exact) mass is 272 g/mol. The number of pyridine rings is 1. The zero-order valence-electron chi connectivity index (χ0n) is 10.2. The molecule has 0 fully saturated rings. The van der Waals surface area contributed by atoms with Crippen LogP contribution in [0.15, 0.2) is 12.1 Å². The number of primary amides is 1. The van der Waals surface area contributed by atoms with Crippen molar-refractivity contribution in [3.8, 4) is 6.07 Å². The van der Waals surface area contributed by atoms with Gasteiger partial charge in [0.25, 0.3) is 0 Å². The number of anilines is 1. The highest BCUT2D eigenvalue weighted by Gasteiger charge is 2.34. The zero-order valence-corrected chi connectivity index (χ0v) is 10.2. The highest BCUT2D eigenvalue weighted by molar-refractivity contribution is 5.87. The Bertz CT molecular complexity index is 546. The van der Waals surface area contributed by atoms with E-state index < -0.39 is 23.3 Å². The first-order valence-electron chi connectivity index (χ1n) is 5.14. The lowest BCUT2D eigenvalue weighted by Gasteiger charge is -2.23. The van der Waals surface area contributed by atoms with Crippen molar-refractivity contribution in [1.82, 2.24) is 4.98 Å². The number of hydrogen-bond acceptors (Lipinski definition) is 4. The molecule has 0 aliphatic carbocycles. The van der Waals surface area contributed by atoms with Gasteiger partial charge >= 0.3 is 6.18 Å². The van der Waals surface area contributed by atoms with Gasteiger partial charge in [0, 0.05) is 0 Å². The van der Waals surface area contributed by atoms with E-state index in [0.717, 1.165) is 6.07 Å². The predicted molar refractivity (Wildman–Crippen MR) is 60.9 cm³/mol. The number of aromatic nitrogens is 1. The van der Waals surface area contributed by atoms with Gasteiger partial charge in [0.2, 0.25) is 5.91 Å². The third-order valence-electron chi connectivity index (χ3n) is 2.35. The van der Waals surface area contributed by atoms with Crippen LogP contribution in [0.1, 0.15) is 25.1 Å². The van der Waals surface area contributed by atoms with Crippen molar-refractivity contribution < 1.29 is 18.0 Å². The van der Waals surface area contributed by atoms with Gasteiger partial charge in [0.15, 0.2) is 0 Å². The van der Waals surface area contributed by atoms with E-state index in [9.17, 15) is 18.0 Å². The Morgan fingerprint density at radius 2 is 2.00 bits per heavy atom. The molecule has 0 unspecified atom stereocenters. The minimum Gasteiger partial charge on any atom is -0.368 e. The summed E-state index contributed by atoms with van der Waals surface area (Å²) >= 11 is 0. The zero-order chi connectivity index (χ0) is 14.8. The summed E-state index contributed by atoms with van der Waals surface area (Å²) in [7, 11) is 0. The molecule has 5 nitrogen and oxygen atoms in total. The van der Waals surface area contributed by atoms with Crippen molar-refractivity contribution in [1.29, 1.82) is 5.26 Å². The fourth-order valence-corrected chi connectivity index (χ4v) is 1.16. The lowest BCUT2D eigenvalue weighted by molar-refractivity contribution is -0.141. The fraction of sp³-hybridized carbons (Fsp3) is 0.364. The molecule has 0 bridgehead atoms. The van der Waals surface area contributed by atoms with Gasteiger partial charge in [-0.1, -0.05) is 0 Å². The van der Waals surface area contributed by atoms with Gasteiger partial charge in [-0.3, -0.25) is 4.79 Å². The Balaban J connectivity index is 3.26. The first kappa shape index (κ1) is 14.8. The molecule has 0 saturated heterocycles. The molecule has 1 heterocycles. The minimum absolute atomic E-state index is 0.109. The molecule has 0 atom stereocenters. The predicted octanol–water partition coefficient (Wildman–Crippen LogP) is 1.65. The second-order valence-corrected chi connectivity index (χ2v) is 4.32. The van der Waals surface area contributed by atoms with E-state index in [4.69, 9.17) is 11.0 Å². The summed E-state index contributed by atoms with van der Waals surface area (Å²) < 4.78 is 37.6. The molecule has 1 aromatic rings. The summed E-state index contributed by atoms with van der Waals surface area (Å²) in [4.78, 5) is 14.4. The Hall–Kier alpha value is -2.30. The van der Waals surface area contributed by atoms with E-state index in [0.29, 0.717) is 6.07 Å². The molecule has 1 rings (SSSR count). The van der Waals surface area contributed by atoms with E-state index in [2.05, 4.69) is 10.3 Å². The smallest absolute Gasteiger partial charge is 0.368 e. The summed E-state index contributed by atoms with van der Waals surface area (Å²) in [6.07, 6.45) is -4.64. The third kappa shape index (κ3) is 3.34. The number of halogens is 3. The molecule has 0 aromatic carbocycles. The Morgan fingerprint density at radius 3 is 2.42 bits per heavy atom. The maximum Gasteiger partial charge on any atom is 0.433 e. The topological polar surface area (TPSA) is 91.8 Å². The van der Waals surface area contributed by atoms with Crippen LogP contribution >= 0.6 is 0 Å². The highest BCUT2D eigenvalue weighted by Crippen LogP contribution is 2.30. The Morgan fingerprint density at radius 1 is 1.42 bits per heavy atom. The largest absolute Gasteiger partial charge is 0.433 e. The van der Waals surface area contributed by atoms with Crippen LogP contribution in [-0.2, 0) is 11.0 Å². The fourth-order valence-electron chi connectivity index (χ4n) is 1.16. The molecule has 3 N–H and O–H groups in total. The van der Waals surface area contributed by atoms with Crippen LogP contribution in [-0.4, -0.2) is 16.4 Å². The average Bonchev–Trinajstić information content (AvgIpc) is 2.27. The number of alkyl halides is 3. The van der Waals surface area contributed by atoms with Gasteiger partial charge in [-0.05, 0) is 26.0 Å². The van der Waals surface area contributed by atoms with Gasteiger partial charge in [-0.25, -0.2) is 4.98 Å². The standard InChI is InChI=1S/C11H11F3N4O/c1-10(2,9(16)19)18-8-6(5-15)3-4-7(17-8)11(12,13)14/h3-4H,1-2H3,(H2,16,19)(H,17,18). The summed E-state index contributed by atoms with van der Waals surface area (Å²) in [5.74, 6) is -1.11. The number of rotatable bonds is 3. The van der Waals surface area contributed by atoms with Crippen LogP contribution in [0.5, 0.6) is 0 Å².